The minimum absolute atomic E-state index is 0. The quantitative estimate of drug-likeness (QED) is 0.481. The summed E-state index contributed by atoms with van der Waals surface area (Å²) in [6.07, 6.45) is 0.720. The normalized spacial score (nSPS) is 11.2. The first-order valence-corrected chi connectivity index (χ1v) is 6.15. The van der Waals surface area contributed by atoms with Gasteiger partial charge in [0.15, 0.2) is 10.3 Å². The van der Waals surface area contributed by atoms with E-state index in [1.165, 1.54) is 0 Å². The van der Waals surface area contributed by atoms with Crippen LogP contribution in [-0.4, -0.2) is 23.2 Å². The van der Waals surface area contributed by atoms with E-state index in [2.05, 4.69) is 10.2 Å². The van der Waals surface area contributed by atoms with Crippen LogP contribution in [0, 0.1) is 5.92 Å². The molecule has 0 saturated heterocycles. The van der Waals surface area contributed by atoms with E-state index in [0.717, 1.165) is 17.8 Å². The first kappa shape index (κ1) is 15.3. The fourth-order valence-corrected chi connectivity index (χ4v) is 2.36. The van der Waals surface area contributed by atoms with Crippen molar-refractivity contribution in [3.63, 3.8) is 0 Å². The molecule has 0 bridgehead atoms. The standard InChI is InChI=1S/C6H11N3O3S2.Na/c1-4(2)3-5-7-8-6(13-5)9-14(10,11)12;/h4H,3H2,1-2H3,(H,8,9)(H,10,11,12);/q;+1/p-1. The van der Waals surface area contributed by atoms with Crippen LogP contribution in [0.15, 0.2) is 0 Å². The molecule has 80 valence electrons. The van der Waals surface area contributed by atoms with Crippen LogP contribution in [0.2, 0.25) is 0 Å². The van der Waals surface area contributed by atoms with Gasteiger partial charge in [-0.1, -0.05) is 25.2 Å². The molecule has 0 saturated carbocycles. The van der Waals surface area contributed by atoms with Crippen LogP contribution in [-0.2, 0) is 16.7 Å². The van der Waals surface area contributed by atoms with E-state index in [-0.39, 0.29) is 34.7 Å². The molecular weight excluding hydrogens is 249 g/mol. The maximum absolute atomic E-state index is 10.3. The van der Waals surface area contributed by atoms with Gasteiger partial charge in [0.2, 0.25) is 5.13 Å². The Morgan fingerprint density at radius 1 is 1.47 bits per heavy atom. The summed E-state index contributed by atoms with van der Waals surface area (Å²) >= 11 is 1.08. The molecule has 1 N–H and O–H groups in total. The van der Waals surface area contributed by atoms with Crippen LogP contribution >= 0.6 is 11.3 Å². The molecule has 0 unspecified atom stereocenters. The third-order valence-electron chi connectivity index (χ3n) is 1.26. The number of rotatable bonds is 4. The summed E-state index contributed by atoms with van der Waals surface area (Å²) in [7, 11) is -4.48. The zero-order valence-electron chi connectivity index (χ0n) is 8.72. The van der Waals surface area contributed by atoms with E-state index >= 15 is 0 Å². The third kappa shape index (κ3) is 6.44. The van der Waals surface area contributed by atoms with Crippen LogP contribution in [0.25, 0.3) is 0 Å². The van der Waals surface area contributed by atoms with Crippen molar-refractivity contribution in [3.05, 3.63) is 5.01 Å². The molecular formula is C6H10N3NaO3S2. The molecule has 0 aliphatic heterocycles. The molecule has 0 fully saturated rings. The molecule has 0 amide bonds. The van der Waals surface area contributed by atoms with Gasteiger partial charge in [-0.05, 0) is 5.92 Å². The Morgan fingerprint density at radius 2 is 2.07 bits per heavy atom. The van der Waals surface area contributed by atoms with Crippen LogP contribution in [0.1, 0.15) is 18.9 Å². The number of hydrogen-bond donors (Lipinski definition) is 1. The van der Waals surface area contributed by atoms with Crippen molar-refractivity contribution in [1.29, 1.82) is 0 Å². The molecule has 0 aromatic carbocycles. The van der Waals surface area contributed by atoms with Crippen molar-refractivity contribution in [2.75, 3.05) is 4.72 Å². The van der Waals surface area contributed by atoms with Gasteiger partial charge >= 0.3 is 29.6 Å². The number of anilines is 1. The van der Waals surface area contributed by atoms with Gasteiger partial charge < -0.3 is 4.55 Å². The smallest absolute Gasteiger partial charge is 0.731 e. The number of nitrogens with one attached hydrogen (secondary N) is 1. The van der Waals surface area contributed by atoms with E-state index in [9.17, 15) is 13.0 Å². The minimum Gasteiger partial charge on any atom is -0.731 e. The van der Waals surface area contributed by atoms with Crippen molar-refractivity contribution in [2.24, 2.45) is 5.92 Å². The summed E-state index contributed by atoms with van der Waals surface area (Å²) in [5.74, 6) is 0.416. The van der Waals surface area contributed by atoms with Crippen molar-refractivity contribution in [1.82, 2.24) is 10.2 Å². The zero-order valence-corrected chi connectivity index (χ0v) is 12.4. The largest absolute Gasteiger partial charge is 1.00 e. The molecule has 1 rings (SSSR count). The Labute approximate surface area is 115 Å². The van der Waals surface area contributed by atoms with Crippen molar-refractivity contribution in [3.8, 4) is 0 Å². The van der Waals surface area contributed by atoms with E-state index in [1.807, 2.05) is 13.8 Å². The Kier molecular flexibility index (Phi) is 6.23. The van der Waals surface area contributed by atoms with Gasteiger partial charge in [-0.25, -0.2) is 8.42 Å². The summed E-state index contributed by atoms with van der Waals surface area (Å²) in [6.45, 7) is 4.03. The number of hydrogen-bond acceptors (Lipinski definition) is 6. The Hall–Kier alpha value is 0.270. The van der Waals surface area contributed by atoms with E-state index < -0.39 is 10.3 Å². The second-order valence-electron chi connectivity index (χ2n) is 3.16. The first-order valence-electron chi connectivity index (χ1n) is 3.93. The van der Waals surface area contributed by atoms with E-state index in [1.54, 1.807) is 4.72 Å². The van der Waals surface area contributed by atoms with Crippen LogP contribution in [0.5, 0.6) is 0 Å². The molecule has 0 radical (unpaired) electrons. The van der Waals surface area contributed by atoms with Crippen LogP contribution in [0.3, 0.4) is 0 Å². The van der Waals surface area contributed by atoms with Gasteiger partial charge in [-0.3, -0.25) is 4.72 Å². The molecule has 0 spiro atoms. The molecule has 15 heavy (non-hydrogen) atoms. The maximum Gasteiger partial charge on any atom is 1.00 e. The van der Waals surface area contributed by atoms with Gasteiger partial charge in [0.1, 0.15) is 5.01 Å². The SMILES string of the molecule is CC(C)Cc1nnc(NS(=O)(=O)[O-])s1.[Na+]. The van der Waals surface area contributed by atoms with Gasteiger partial charge in [-0.15, -0.1) is 10.2 Å². The number of aromatic nitrogens is 2. The summed E-state index contributed by atoms with van der Waals surface area (Å²) < 4.78 is 32.6. The molecule has 0 atom stereocenters. The monoisotopic (exact) mass is 259 g/mol. The third-order valence-corrected chi connectivity index (χ3v) is 2.70. The summed E-state index contributed by atoms with van der Waals surface area (Å²) in [4.78, 5) is 0. The van der Waals surface area contributed by atoms with E-state index in [4.69, 9.17) is 0 Å². The van der Waals surface area contributed by atoms with Gasteiger partial charge in [-0.2, -0.15) is 0 Å². The molecule has 1 aromatic rings. The number of nitrogens with zero attached hydrogens (tertiary/aromatic N) is 2. The van der Waals surface area contributed by atoms with Crippen LogP contribution < -0.4 is 34.3 Å². The topological polar surface area (TPSA) is 95.0 Å². The first-order chi connectivity index (χ1) is 6.37. The predicted molar refractivity (Wildman–Crippen MR) is 51.8 cm³/mol. The van der Waals surface area contributed by atoms with Crippen LogP contribution in [0.4, 0.5) is 5.13 Å². The van der Waals surface area contributed by atoms with Gasteiger partial charge in [0.05, 0.1) is 0 Å². The predicted octanol–water partition coefficient (Wildman–Crippen LogP) is -2.39. The average molecular weight is 259 g/mol. The fourth-order valence-electron chi connectivity index (χ4n) is 0.834. The Morgan fingerprint density at radius 3 is 2.53 bits per heavy atom. The van der Waals surface area contributed by atoms with Crippen molar-refractivity contribution in [2.45, 2.75) is 20.3 Å². The molecule has 6 nitrogen and oxygen atoms in total. The Bertz CT molecular complexity index is 404. The van der Waals surface area contributed by atoms with Crippen molar-refractivity contribution < 1.29 is 42.5 Å². The zero-order chi connectivity index (χ0) is 10.8. The Balaban J connectivity index is 0.00000196. The molecule has 9 heteroatoms. The summed E-state index contributed by atoms with van der Waals surface area (Å²) in [5.41, 5.74) is 0. The van der Waals surface area contributed by atoms with E-state index in [0.29, 0.717) is 10.9 Å². The second-order valence-corrected chi connectivity index (χ2v) is 5.33. The molecule has 1 heterocycles. The van der Waals surface area contributed by atoms with Crippen molar-refractivity contribution >= 4 is 26.8 Å². The fraction of sp³-hybridized carbons (Fsp3) is 0.667. The minimum atomic E-state index is -4.48. The summed E-state index contributed by atoms with van der Waals surface area (Å²) in [5, 5.41) is 8.01. The average Bonchev–Trinajstić information content (AvgIpc) is 2.30. The molecule has 0 aliphatic carbocycles. The summed E-state index contributed by atoms with van der Waals surface area (Å²) in [6, 6.07) is 0. The maximum atomic E-state index is 10.3. The molecule has 1 aromatic heterocycles. The molecule has 0 aliphatic rings. The second kappa shape index (κ2) is 6.12. The van der Waals surface area contributed by atoms with Gasteiger partial charge in [0.25, 0.3) is 0 Å². The van der Waals surface area contributed by atoms with Gasteiger partial charge in [0, 0.05) is 6.42 Å².